The van der Waals surface area contributed by atoms with Crippen LogP contribution in [0.15, 0.2) is 200 Å². The Hall–Kier alpha value is -7.63. The fourth-order valence-electron chi connectivity index (χ4n) is 7.37. The van der Waals surface area contributed by atoms with Crippen LogP contribution in [-0.2, 0) is 0 Å². The van der Waals surface area contributed by atoms with E-state index in [-0.39, 0.29) is 49.4 Å². The Labute approximate surface area is 345 Å². The van der Waals surface area contributed by atoms with E-state index in [9.17, 15) is 5.48 Å². The molecule has 0 spiro atoms. The van der Waals surface area contributed by atoms with E-state index in [4.69, 9.17) is 31.4 Å². The minimum Gasteiger partial charge on any atom is -0.278 e. The molecule has 0 saturated heterocycles. The number of benzene rings is 8. The molecule has 262 valence electrons. The molecule has 3 aromatic heterocycles. The van der Waals surface area contributed by atoms with Crippen molar-refractivity contribution in [3.05, 3.63) is 200 Å². The number of nitrogens with zero attached hydrogens (tertiary/aromatic N) is 5. The molecule has 0 atom stereocenters. The summed E-state index contributed by atoms with van der Waals surface area (Å²) in [6.45, 7) is 0. The molecule has 5 nitrogen and oxygen atoms in total. The maximum absolute atomic E-state index is 9.27. The SMILES string of the molecule is [2H]c1c([2H])c([2H])c2c(c1[2H])c1c([2H])c([2H])c([2H])c([2H])c1n2-c1nc(-c2ccccc2-c2ccccc2-c2ccccc2-c2ccccc2)nc(-n2c3c([2H])c([2H])c([2H])c([2H])c3c3c([2H])c([2H])c([2H])c([2H])c32)n1. The molecule has 0 aliphatic rings. The minimum absolute atomic E-state index is 0.148. The average Bonchev–Trinajstić information content (AvgIpc) is 3.96. The second-order valence-corrected chi connectivity index (χ2v) is 12.8. The van der Waals surface area contributed by atoms with E-state index in [1.165, 1.54) is 0 Å². The van der Waals surface area contributed by atoms with Crippen LogP contribution in [0.2, 0.25) is 0 Å². The monoisotopic (exact) mass is 731 g/mol. The van der Waals surface area contributed by atoms with Gasteiger partial charge in [-0.15, -0.1) is 0 Å². The largest absolute Gasteiger partial charge is 0.278 e. The highest BCUT2D eigenvalue weighted by Gasteiger charge is 2.22. The molecular weight excluding hydrogens is 683 g/mol. The molecule has 8 aromatic carbocycles. The Balaban J connectivity index is 1.33. The van der Waals surface area contributed by atoms with E-state index in [0.717, 1.165) is 31.4 Å². The summed E-state index contributed by atoms with van der Waals surface area (Å²) in [5.74, 6) is -1.09. The number of rotatable bonds is 6. The van der Waals surface area contributed by atoms with Crippen molar-refractivity contribution in [2.24, 2.45) is 0 Å². The molecule has 0 aliphatic heterocycles. The van der Waals surface area contributed by atoms with E-state index < -0.39 is 109 Å². The van der Waals surface area contributed by atoms with Gasteiger partial charge in [0.1, 0.15) is 0 Å². The lowest BCUT2D eigenvalue weighted by molar-refractivity contribution is 0.893. The van der Waals surface area contributed by atoms with Gasteiger partial charge in [0, 0.05) is 27.1 Å². The van der Waals surface area contributed by atoms with Gasteiger partial charge in [0.2, 0.25) is 11.9 Å². The van der Waals surface area contributed by atoms with Gasteiger partial charge in [-0.05, 0) is 57.6 Å². The number of hydrogen-bond acceptors (Lipinski definition) is 3. The third-order valence-corrected chi connectivity index (χ3v) is 9.76. The molecule has 0 fully saturated rings. The van der Waals surface area contributed by atoms with Crippen LogP contribution < -0.4 is 0 Å². The van der Waals surface area contributed by atoms with Gasteiger partial charge in [0.25, 0.3) is 0 Å². The highest BCUT2D eigenvalue weighted by molar-refractivity contribution is 6.10. The van der Waals surface area contributed by atoms with E-state index in [1.54, 1.807) is 18.2 Å². The highest BCUT2D eigenvalue weighted by atomic mass is 15.3. The van der Waals surface area contributed by atoms with Crippen LogP contribution in [0.25, 0.3) is 100 Å². The van der Waals surface area contributed by atoms with E-state index in [2.05, 4.69) is 0 Å². The summed E-state index contributed by atoms with van der Waals surface area (Å²) >= 11 is 0. The van der Waals surface area contributed by atoms with Gasteiger partial charge < -0.3 is 0 Å². The number of fused-ring (bicyclic) bond motifs is 6. The molecule has 0 saturated carbocycles. The van der Waals surface area contributed by atoms with Crippen molar-refractivity contribution >= 4 is 43.6 Å². The highest BCUT2D eigenvalue weighted by Crippen LogP contribution is 2.42. The number of hydrogen-bond donors (Lipinski definition) is 0. The van der Waals surface area contributed by atoms with Crippen LogP contribution in [0.4, 0.5) is 0 Å². The van der Waals surface area contributed by atoms with Gasteiger partial charge in [-0.2, -0.15) is 15.0 Å². The van der Waals surface area contributed by atoms with Gasteiger partial charge in [-0.3, -0.25) is 9.13 Å². The van der Waals surface area contributed by atoms with Crippen molar-refractivity contribution in [1.29, 1.82) is 0 Å². The summed E-state index contributed by atoms with van der Waals surface area (Å²) in [6, 6.07) is 22.0. The quantitative estimate of drug-likeness (QED) is 0.171. The van der Waals surface area contributed by atoms with Crippen molar-refractivity contribution < 1.29 is 21.9 Å². The van der Waals surface area contributed by atoms with Crippen molar-refractivity contribution in [3.63, 3.8) is 0 Å². The zero-order chi connectivity index (χ0) is 50.9. The second-order valence-electron chi connectivity index (χ2n) is 12.8. The maximum atomic E-state index is 9.27. The predicted molar refractivity (Wildman–Crippen MR) is 230 cm³/mol. The summed E-state index contributed by atoms with van der Waals surface area (Å²) in [4.78, 5) is 14.8. The topological polar surface area (TPSA) is 48.5 Å². The van der Waals surface area contributed by atoms with Crippen LogP contribution >= 0.6 is 0 Å². The third kappa shape index (κ3) is 5.06. The molecule has 3 heterocycles. The predicted octanol–water partition coefficient (Wildman–Crippen LogP) is 12.7. The number of aromatic nitrogens is 5. The Morgan fingerprint density at radius 2 is 0.643 bits per heavy atom. The van der Waals surface area contributed by atoms with Crippen LogP contribution in [0.5, 0.6) is 0 Å². The lowest BCUT2D eigenvalue weighted by atomic mass is 9.88. The van der Waals surface area contributed by atoms with Crippen molar-refractivity contribution in [3.8, 4) is 56.7 Å². The molecule has 5 heteroatoms. The fourth-order valence-corrected chi connectivity index (χ4v) is 7.37. The van der Waals surface area contributed by atoms with Gasteiger partial charge in [-0.1, -0.05) is 176 Å². The van der Waals surface area contributed by atoms with Gasteiger partial charge in [0.05, 0.1) is 44.0 Å². The lowest BCUT2D eigenvalue weighted by Crippen LogP contribution is -2.10. The normalized spacial score (nSPS) is 15.6. The standard InChI is InChI=1S/C51H33N5/c1-2-18-34(19-3-1)35-20-4-5-21-36(35)37-22-6-7-23-38(37)39-24-8-9-29-44(39)49-52-50(55-45-30-14-10-25-40(45)41-26-11-15-31-46(41)55)54-51(53-49)56-47-32-16-12-27-42(47)43-28-13-17-33-48(43)56/h1-33H/i10D,11D,12D,13D,14D,15D,16D,17D,25D,26D,27D,28D,30D,31D,32D,33D. The first-order chi connectivity index (χ1) is 34.5. The molecule has 0 amide bonds. The first kappa shape index (κ1) is 19.6. The molecule has 0 radical (unpaired) electrons. The lowest BCUT2D eigenvalue weighted by Gasteiger charge is -2.17. The Bertz CT molecular complexity index is 3860. The van der Waals surface area contributed by atoms with E-state index in [1.807, 2.05) is 84.9 Å². The van der Waals surface area contributed by atoms with Gasteiger partial charge >= 0.3 is 0 Å². The summed E-state index contributed by atoms with van der Waals surface area (Å²) in [5.41, 5.74) is 3.90. The second kappa shape index (κ2) is 13.0. The van der Waals surface area contributed by atoms with Crippen molar-refractivity contribution in [2.45, 2.75) is 0 Å². The first-order valence-electron chi connectivity index (χ1n) is 25.6. The van der Waals surface area contributed by atoms with E-state index >= 15 is 0 Å². The van der Waals surface area contributed by atoms with Gasteiger partial charge in [-0.25, -0.2) is 0 Å². The average molecular weight is 732 g/mol. The molecule has 0 bridgehead atoms. The van der Waals surface area contributed by atoms with E-state index in [0.29, 0.717) is 16.7 Å². The minimum atomic E-state index is -0.701. The molecule has 0 unspecified atom stereocenters. The van der Waals surface area contributed by atoms with Crippen LogP contribution in [-0.4, -0.2) is 24.1 Å². The zero-order valence-corrected chi connectivity index (χ0v) is 29.1. The smallest absolute Gasteiger partial charge is 0.240 e. The molecular formula is C51H33N5. The molecule has 0 N–H and O–H groups in total. The van der Waals surface area contributed by atoms with Crippen LogP contribution in [0, 0.1) is 0 Å². The summed E-state index contributed by atoms with van der Waals surface area (Å²) in [7, 11) is 0. The maximum Gasteiger partial charge on any atom is 0.240 e. The van der Waals surface area contributed by atoms with Crippen LogP contribution in [0.1, 0.15) is 21.9 Å². The Morgan fingerprint density at radius 3 is 1.07 bits per heavy atom. The number of para-hydroxylation sites is 4. The fraction of sp³-hybridized carbons (Fsp3) is 0. The Morgan fingerprint density at radius 1 is 0.321 bits per heavy atom. The Kier molecular flexibility index (Phi) is 4.57. The molecule has 0 aliphatic carbocycles. The summed E-state index contributed by atoms with van der Waals surface area (Å²) in [5, 5.41) is -1.06. The molecule has 56 heavy (non-hydrogen) atoms. The van der Waals surface area contributed by atoms with Crippen molar-refractivity contribution in [1.82, 2.24) is 24.1 Å². The summed E-state index contributed by atoms with van der Waals surface area (Å²) < 4.78 is 145. The van der Waals surface area contributed by atoms with Crippen molar-refractivity contribution in [2.75, 3.05) is 0 Å². The van der Waals surface area contributed by atoms with Crippen LogP contribution in [0.3, 0.4) is 0 Å². The molecule has 11 rings (SSSR count). The molecule has 11 aromatic rings. The third-order valence-electron chi connectivity index (χ3n) is 9.76. The van der Waals surface area contributed by atoms with Gasteiger partial charge in [0.15, 0.2) is 5.82 Å². The summed E-state index contributed by atoms with van der Waals surface area (Å²) in [6.07, 6.45) is 0. The zero-order valence-electron chi connectivity index (χ0n) is 45.1. The first-order valence-corrected chi connectivity index (χ1v) is 17.6.